The molecule has 0 radical (unpaired) electrons. The van der Waals surface area contributed by atoms with Crippen molar-refractivity contribution < 1.29 is 0 Å². The van der Waals surface area contributed by atoms with E-state index in [4.69, 9.17) is 0 Å². The Bertz CT molecular complexity index is 335. The predicted molar refractivity (Wildman–Crippen MR) is 66.6 cm³/mol. The Balaban J connectivity index is 2.08. The van der Waals surface area contributed by atoms with Crippen LogP contribution in [0.2, 0.25) is 0 Å². The number of rotatable bonds is 3. The molecule has 1 fully saturated rings. The Morgan fingerprint density at radius 2 is 2.38 bits per heavy atom. The number of piperidine rings is 1. The van der Waals surface area contributed by atoms with E-state index in [-0.39, 0.29) is 0 Å². The van der Waals surface area contributed by atoms with Crippen LogP contribution in [-0.4, -0.2) is 22.6 Å². The zero-order valence-electron chi connectivity index (χ0n) is 10.7. The lowest BCUT2D eigenvalue weighted by Crippen LogP contribution is -2.31. The summed E-state index contributed by atoms with van der Waals surface area (Å²) in [4.78, 5) is 4.57. The van der Waals surface area contributed by atoms with Gasteiger partial charge in [-0.05, 0) is 52.6 Å². The van der Waals surface area contributed by atoms with Gasteiger partial charge in [-0.25, -0.2) is 4.98 Å². The van der Waals surface area contributed by atoms with Crippen molar-refractivity contribution >= 4 is 0 Å². The minimum atomic E-state index is 0.522. The first-order valence-corrected chi connectivity index (χ1v) is 6.42. The van der Waals surface area contributed by atoms with Crippen molar-refractivity contribution in [2.45, 2.75) is 46.1 Å². The van der Waals surface area contributed by atoms with Crippen LogP contribution in [0.5, 0.6) is 0 Å². The first-order valence-electron chi connectivity index (χ1n) is 6.42. The SMILES string of the molecule is Cc1cnc(C[C@@H]2CCCNC2)n1C(C)C. The minimum Gasteiger partial charge on any atom is -0.330 e. The molecule has 0 spiro atoms. The van der Waals surface area contributed by atoms with Gasteiger partial charge in [-0.15, -0.1) is 0 Å². The summed E-state index contributed by atoms with van der Waals surface area (Å²) in [6, 6.07) is 0.522. The molecular formula is C13H23N3. The molecule has 2 heterocycles. The zero-order valence-corrected chi connectivity index (χ0v) is 10.7. The molecule has 0 aromatic carbocycles. The largest absolute Gasteiger partial charge is 0.330 e. The summed E-state index contributed by atoms with van der Waals surface area (Å²) < 4.78 is 2.37. The average molecular weight is 221 g/mol. The fraction of sp³-hybridized carbons (Fsp3) is 0.769. The Labute approximate surface area is 98.3 Å². The molecule has 0 aliphatic carbocycles. The van der Waals surface area contributed by atoms with Crippen LogP contribution < -0.4 is 5.32 Å². The van der Waals surface area contributed by atoms with Crippen molar-refractivity contribution in [1.82, 2.24) is 14.9 Å². The quantitative estimate of drug-likeness (QED) is 0.849. The topological polar surface area (TPSA) is 29.9 Å². The van der Waals surface area contributed by atoms with Crippen LogP contribution in [0, 0.1) is 12.8 Å². The lowest BCUT2D eigenvalue weighted by atomic mass is 9.96. The van der Waals surface area contributed by atoms with Crippen LogP contribution in [0.3, 0.4) is 0 Å². The van der Waals surface area contributed by atoms with E-state index in [2.05, 4.69) is 35.6 Å². The monoisotopic (exact) mass is 221 g/mol. The van der Waals surface area contributed by atoms with Crippen LogP contribution in [0.4, 0.5) is 0 Å². The summed E-state index contributed by atoms with van der Waals surface area (Å²) in [6.45, 7) is 8.96. The molecule has 0 saturated carbocycles. The highest BCUT2D eigenvalue weighted by atomic mass is 15.1. The second-order valence-electron chi connectivity index (χ2n) is 5.20. The van der Waals surface area contributed by atoms with Gasteiger partial charge in [-0.1, -0.05) is 0 Å². The fourth-order valence-corrected chi connectivity index (χ4v) is 2.71. The highest BCUT2D eigenvalue weighted by molar-refractivity contribution is 5.06. The predicted octanol–water partition coefficient (Wildman–Crippen LogP) is 2.31. The van der Waals surface area contributed by atoms with Gasteiger partial charge in [0.1, 0.15) is 5.82 Å². The molecule has 16 heavy (non-hydrogen) atoms. The van der Waals surface area contributed by atoms with Gasteiger partial charge in [-0.2, -0.15) is 0 Å². The van der Waals surface area contributed by atoms with E-state index < -0.39 is 0 Å². The smallest absolute Gasteiger partial charge is 0.109 e. The van der Waals surface area contributed by atoms with Crippen molar-refractivity contribution in [3.8, 4) is 0 Å². The van der Waals surface area contributed by atoms with Gasteiger partial charge >= 0.3 is 0 Å². The molecule has 3 nitrogen and oxygen atoms in total. The summed E-state index contributed by atoms with van der Waals surface area (Å²) in [5, 5.41) is 3.47. The molecule has 1 N–H and O–H groups in total. The van der Waals surface area contributed by atoms with E-state index in [0.29, 0.717) is 6.04 Å². The summed E-state index contributed by atoms with van der Waals surface area (Å²) in [7, 11) is 0. The van der Waals surface area contributed by atoms with Crippen LogP contribution in [0.1, 0.15) is 44.2 Å². The van der Waals surface area contributed by atoms with Crippen molar-refractivity contribution in [3.63, 3.8) is 0 Å². The van der Waals surface area contributed by atoms with Gasteiger partial charge in [0.15, 0.2) is 0 Å². The first kappa shape index (κ1) is 11.6. The number of nitrogens with zero attached hydrogens (tertiary/aromatic N) is 2. The van der Waals surface area contributed by atoms with Gasteiger partial charge in [0.05, 0.1) is 0 Å². The third kappa shape index (κ3) is 2.46. The van der Waals surface area contributed by atoms with E-state index >= 15 is 0 Å². The number of hydrogen-bond donors (Lipinski definition) is 1. The first-order chi connectivity index (χ1) is 7.68. The number of aryl methyl sites for hydroxylation is 1. The number of aromatic nitrogens is 2. The lowest BCUT2D eigenvalue weighted by Gasteiger charge is -2.23. The molecule has 1 aromatic heterocycles. The molecule has 1 aliphatic rings. The Kier molecular flexibility index (Phi) is 3.64. The van der Waals surface area contributed by atoms with Crippen molar-refractivity contribution in [2.75, 3.05) is 13.1 Å². The lowest BCUT2D eigenvalue weighted by molar-refractivity contribution is 0.363. The third-order valence-corrected chi connectivity index (χ3v) is 3.45. The minimum absolute atomic E-state index is 0.522. The molecule has 90 valence electrons. The fourth-order valence-electron chi connectivity index (χ4n) is 2.71. The van der Waals surface area contributed by atoms with Gasteiger partial charge in [0.25, 0.3) is 0 Å². The molecule has 0 bridgehead atoms. The average Bonchev–Trinajstić information content (AvgIpc) is 2.61. The second-order valence-corrected chi connectivity index (χ2v) is 5.20. The zero-order chi connectivity index (χ0) is 11.5. The van der Waals surface area contributed by atoms with Crippen LogP contribution in [-0.2, 0) is 6.42 Å². The molecule has 2 rings (SSSR count). The van der Waals surface area contributed by atoms with Crippen molar-refractivity contribution in [1.29, 1.82) is 0 Å². The van der Waals surface area contributed by atoms with Gasteiger partial charge in [0.2, 0.25) is 0 Å². The summed E-state index contributed by atoms with van der Waals surface area (Å²) in [5.74, 6) is 2.04. The van der Waals surface area contributed by atoms with Crippen molar-refractivity contribution in [3.05, 3.63) is 17.7 Å². The third-order valence-electron chi connectivity index (χ3n) is 3.45. The molecular weight excluding hydrogens is 198 g/mol. The number of nitrogens with one attached hydrogen (secondary N) is 1. The second kappa shape index (κ2) is 5.00. The van der Waals surface area contributed by atoms with Crippen LogP contribution in [0.15, 0.2) is 6.20 Å². The van der Waals surface area contributed by atoms with Gasteiger partial charge in [0, 0.05) is 24.4 Å². The standard InChI is InChI=1S/C13H23N3/c1-10(2)16-11(3)8-15-13(16)7-12-5-4-6-14-9-12/h8,10,12,14H,4-7,9H2,1-3H3/t12-/m0/s1. The summed E-state index contributed by atoms with van der Waals surface area (Å²) >= 11 is 0. The molecule has 1 saturated heterocycles. The molecule has 1 aromatic rings. The van der Waals surface area contributed by atoms with Gasteiger partial charge in [-0.3, -0.25) is 0 Å². The van der Waals surface area contributed by atoms with Crippen LogP contribution in [0.25, 0.3) is 0 Å². The van der Waals surface area contributed by atoms with E-state index in [0.717, 1.165) is 18.9 Å². The maximum absolute atomic E-state index is 4.57. The highest BCUT2D eigenvalue weighted by Crippen LogP contribution is 2.19. The Hall–Kier alpha value is -0.830. The molecule has 0 unspecified atom stereocenters. The normalized spacial score (nSPS) is 21.6. The van der Waals surface area contributed by atoms with Gasteiger partial charge < -0.3 is 9.88 Å². The van der Waals surface area contributed by atoms with E-state index in [1.165, 1.54) is 30.9 Å². The summed E-state index contributed by atoms with van der Waals surface area (Å²) in [5.41, 5.74) is 1.29. The van der Waals surface area contributed by atoms with E-state index in [9.17, 15) is 0 Å². The number of hydrogen-bond acceptors (Lipinski definition) is 2. The Morgan fingerprint density at radius 1 is 1.56 bits per heavy atom. The van der Waals surface area contributed by atoms with E-state index in [1.807, 2.05) is 6.20 Å². The summed E-state index contributed by atoms with van der Waals surface area (Å²) in [6.07, 6.45) is 5.79. The van der Waals surface area contributed by atoms with Crippen molar-refractivity contribution in [2.24, 2.45) is 5.92 Å². The maximum Gasteiger partial charge on any atom is 0.109 e. The molecule has 1 aliphatic heterocycles. The highest BCUT2D eigenvalue weighted by Gasteiger charge is 2.17. The molecule has 1 atom stereocenters. The maximum atomic E-state index is 4.57. The van der Waals surface area contributed by atoms with E-state index in [1.54, 1.807) is 0 Å². The number of imidazole rings is 1. The van der Waals surface area contributed by atoms with Crippen LogP contribution >= 0.6 is 0 Å². The molecule has 0 amide bonds. The molecule has 3 heteroatoms. The Morgan fingerprint density at radius 3 is 3.00 bits per heavy atom.